The van der Waals surface area contributed by atoms with Crippen molar-refractivity contribution in [1.29, 1.82) is 0 Å². The molecule has 90 valence electrons. The summed E-state index contributed by atoms with van der Waals surface area (Å²) in [4.78, 5) is 50.0. The molecule has 0 amide bonds. The number of carbonyl (C=O) groups excluding carboxylic acids is 4. The molecule has 0 fully saturated rings. The second-order valence-electron chi connectivity index (χ2n) is 3.03. The molecule has 0 aliphatic heterocycles. The molecular weight excluding hydrogens is 216 g/mol. The van der Waals surface area contributed by atoms with E-state index in [1.54, 1.807) is 0 Å². The molecule has 0 bridgehead atoms. The zero-order valence-electron chi connectivity index (χ0n) is 8.85. The van der Waals surface area contributed by atoms with Gasteiger partial charge >= 0.3 is 11.9 Å². The van der Waals surface area contributed by atoms with Crippen LogP contribution in [-0.4, -0.2) is 24.5 Å². The summed E-state index contributed by atoms with van der Waals surface area (Å²) in [5.74, 6) is -1.38. The van der Waals surface area contributed by atoms with E-state index in [1.165, 1.54) is 0 Å². The van der Waals surface area contributed by atoms with Crippen LogP contribution in [0.3, 0.4) is 0 Å². The lowest BCUT2D eigenvalue weighted by molar-refractivity contribution is -0.259. The first kappa shape index (κ1) is 14.3. The number of hydrogen-bond donors (Lipinski definition) is 0. The molecule has 0 aliphatic carbocycles. The van der Waals surface area contributed by atoms with Crippen molar-refractivity contribution in [3.63, 3.8) is 0 Å². The molecule has 0 aromatic rings. The van der Waals surface area contributed by atoms with Crippen LogP contribution in [0.4, 0.5) is 0 Å². The number of aldehydes is 2. The minimum absolute atomic E-state index is 0.0281. The van der Waals surface area contributed by atoms with Gasteiger partial charge in [0.25, 0.3) is 0 Å². The molecule has 0 aromatic carbocycles. The topological polar surface area (TPSA) is 86.7 Å². The molecule has 0 atom stereocenters. The van der Waals surface area contributed by atoms with E-state index in [4.69, 9.17) is 0 Å². The highest BCUT2D eigenvalue weighted by Crippen LogP contribution is 1.99. The van der Waals surface area contributed by atoms with Crippen molar-refractivity contribution < 1.29 is 29.0 Å². The third-order valence-electron chi connectivity index (χ3n) is 1.63. The van der Waals surface area contributed by atoms with Gasteiger partial charge in [0.1, 0.15) is 12.6 Å². The van der Waals surface area contributed by atoms with Crippen LogP contribution in [0, 0.1) is 0 Å². The summed E-state index contributed by atoms with van der Waals surface area (Å²) >= 11 is 0. The third-order valence-corrected chi connectivity index (χ3v) is 1.63. The predicted octanol–water partition coefficient (Wildman–Crippen LogP) is 0.726. The Morgan fingerprint density at radius 2 is 1.19 bits per heavy atom. The zero-order valence-corrected chi connectivity index (χ0v) is 8.85. The van der Waals surface area contributed by atoms with E-state index >= 15 is 0 Å². The maximum Gasteiger partial charge on any atom is 0.355 e. The van der Waals surface area contributed by atoms with E-state index in [0.717, 1.165) is 0 Å². The number of unbranched alkanes of at least 4 members (excludes halogenated alkanes) is 2. The molecule has 0 unspecified atom stereocenters. The van der Waals surface area contributed by atoms with Gasteiger partial charge in [0.05, 0.1) is 12.8 Å². The van der Waals surface area contributed by atoms with Crippen molar-refractivity contribution in [2.75, 3.05) is 0 Å². The van der Waals surface area contributed by atoms with Gasteiger partial charge in [0.2, 0.25) is 0 Å². The van der Waals surface area contributed by atoms with Gasteiger partial charge < -0.3 is 9.59 Å². The van der Waals surface area contributed by atoms with E-state index in [0.29, 0.717) is 25.4 Å². The first-order valence-electron chi connectivity index (χ1n) is 4.98. The average molecular weight is 230 g/mol. The lowest BCUT2D eigenvalue weighted by Crippen LogP contribution is -2.11. The van der Waals surface area contributed by atoms with E-state index in [-0.39, 0.29) is 25.7 Å². The SMILES string of the molecule is O=CCCCC(=O)OOC(=O)CCCC=O. The molecule has 6 nitrogen and oxygen atoms in total. The number of hydrogen-bond acceptors (Lipinski definition) is 6. The summed E-state index contributed by atoms with van der Waals surface area (Å²) in [7, 11) is 0. The molecule has 16 heavy (non-hydrogen) atoms. The van der Waals surface area contributed by atoms with Crippen molar-refractivity contribution in [2.24, 2.45) is 0 Å². The molecule has 0 rings (SSSR count). The fraction of sp³-hybridized carbons (Fsp3) is 0.600. The second kappa shape index (κ2) is 9.82. The van der Waals surface area contributed by atoms with Crippen LogP contribution < -0.4 is 0 Å². The molecule has 0 N–H and O–H groups in total. The molecule has 0 aromatic heterocycles. The Bertz CT molecular complexity index is 222. The highest BCUT2D eigenvalue weighted by atomic mass is 17.2. The van der Waals surface area contributed by atoms with E-state index < -0.39 is 11.9 Å². The second-order valence-corrected chi connectivity index (χ2v) is 3.03. The normalized spacial score (nSPS) is 9.25. The van der Waals surface area contributed by atoms with Crippen molar-refractivity contribution >= 4 is 24.5 Å². The molecule has 6 heteroatoms. The van der Waals surface area contributed by atoms with Crippen molar-refractivity contribution in [2.45, 2.75) is 38.5 Å². The standard InChI is InChI=1S/C10H14O6/c11-7-3-1-5-9(13)15-16-10(14)6-2-4-8-12/h7-8H,1-6H2. The smallest absolute Gasteiger partial charge is 0.303 e. The maximum absolute atomic E-state index is 10.9. The monoisotopic (exact) mass is 230 g/mol. The summed E-state index contributed by atoms with van der Waals surface area (Å²) in [6.07, 6.45) is 2.71. The molecule has 0 spiro atoms. The molecule has 0 heterocycles. The zero-order chi connectivity index (χ0) is 12.2. The molecular formula is C10H14O6. The lowest BCUT2D eigenvalue weighted by Gasteiger charge is -2.01. The summed E-state index contributed by atoms with van der Waals surface area (Å²) < 4.78 is 0. The van der Waals surface area contributed by atoms with Crippen molar-refractivity contribution in [3.05, 3.63) is 0 Å². The van der Waals surface area contributed by atoms with Gasteiger partial charge in [0.15, 0.2) is 0 Å². The Morgan fingerprint density at radius 1 is 0.812 bits per heavy atom. The largest absolute Gasteiger partial charge is 0.355 e. The van der Waals surface area contributed by atoms with Crippen molar-refractivity contribution in [1.82, 2.24) is 0 Å². The van der Waals surface area contributed by atoms with Gasteiger partial charge in [-0.15, -0.1) is 0 Å². The molecule has 0 aliphatic rings. The fourth-order valence-corrected chi connectivity index (χ4v) is 0.836. The van der Waals surface area contributed by atoms with Crippen molar-refractivity contribution in [3.8, 4) is 0 Å². The summed E-state index contributed by atoms with van der Waals surface area (Å²) in [6.45, 7) is 0. The van der Waals surface area contributed by atoms with Crippen LogP contribution in [0.5, 0.6) is 0 Å². The molecule has 0 saturated heterocycles. The van der Waals surface area contributed by atoms with Gasteiger partial charge in [-0.2, -0.15) is 0 Å². The van der Waals surface area contributed by atoms with Crippen LogP contribution in [0.25, 0.3) is 0 Å². The highest BCUT2D eigenvalue weighted by Gasteiger charge is 2.08. The third kappa shape index (κ3) is 8.86. The van der Waals surface area contributed by atoms with E-state index in [1.807, 2.05) is 0 Å². The van der Waals surface area contributed by atoms with E-state index in [2.05, 4.69) is 9.78 Å². The lowest BCUT2D eigenvalue weighted by atomic mass is 10.2. The average Bonchev–Trinajstić information content (AvgIpc) is 2.27. The van der Waals surface area contributed by atoms with Gasteiger partial charge in [0, 0.05) is 12.8 Å². The van der Waals surface area contributed by atoms with Gasteiger partial charge in [-0.25, -0.2) is 19.4 Å². The fourth-order valence-electron chi connectivity index (χ4n) is 0.836. The number of rotatable bonds is 8. The highest BCUT2D eigenvalue weighted by molar-refractivity contribution is 5.73. The Kier molecular flexibility index (Phi) is 8.76. The van der Waals surface area contributed by atoms with Crippen LogP contribution in [0.1, 0.15) is 38.5 Å². The van der Waals surface area contributed by atoms with Crippen LogP contribution in [0.2, 0.25) is 0 Å². The van der Waals surface area contributed by atoms with Crippen LogP contribution in [-0.2, 0) is 29.0 Å². The maximum atomic E-state index is 10.9. The van der Waals surface area contributed by atoms with Gasteiger partial charge in [-0.3, -0.25) is 0 Å². The number of carbonyl (C=O) groups is 4. The first-order valence-corrected chi connectivity index (χ1v) is 4.98. The minimum Gasteiger partial charge on any atom is -0.303 e. The molecule has 0 radical (unpaired) electrons. The minimum atomic E-state index is -0.689. The van der Waals surface area contributed by atoms with Gasteiger partial charge in [-0.05, 0) is 12.8 Å². The quantitative estimate of drug-likeness (QED) is 0.264. The molecule has 0 saturated carbocycles. The van der Waals surface area contributed by atoms with Gasteiger partial charge in [-0.1, -0.05) is 0 Å². The summed E-state index contributed by atoms with van der Waals surface area (Å²) in [5.41, 5.74) is 0. The van der Waals surface area contributed by atoms with E-state index in [9.17, 15) is 19.2 Å². The Labute approximate surface area is 92.8 Å². The Balaban J connectivity index is 3.47. The van der Waals surface area contributed by atoms with Crippen LogP contribution in [0.15, 0.2) is 0 Å². The van der Waals surface area contributed by atoms with Crippen LogP contribution >= 0.6 is 0 Å². The Hall–Kier alpha value is -1.72. The summed E-state index contributed by atoms with van der Waals surface area (Å²) in [5, 5.41) is 0. The Morgan fingerprint density at radius 3 is 1.50 bits per heavy atom. The summed E-state index contributed by atoms with van der Waals surface area (Å²) in [6, 6.07) is 0. The predicted molar refractivity (Wildman–Crippen MR) is 52.0 cm³/mol. The first-order chi connectivity index (χ1) is 7.70.